The summed E-state index contributed by atoms with van der Waals surface area (Å²) in [5.74, 6) is 1.57. The number of aromatic nitrogens is 4. The fraction of sp³-hybridized carbons (Fsp3) is 0.583. The molecule has 18 heavy (non-hydrogen) atoms. The summed E-state index contributed by atoms with van der Waals surface area (Å²) < 4.78 is 0. The zero-order chi connectivity index (χ0) is 12.4. The van der Waals surface area contributed by atoms with Gasteiger partial charge in [-0.1, -0.05) is 12.8 Å². The maximum absolute atomic E-state index is 6.11. The highest BCUT2D eigenvalue weighted by Gasteiger charge is 2.23. The molecule has 1 aliphatic rings. The zero-order valence-electron chi connectivity index (χ0n) is 10.1. The largest absolute Gasteiger partial charge is 0.351 e. The molecule has 1 N–H and O–H groups in total. The summed E-state index contributed by atoms with van der Waals surface area (Å²) in [6, 6.07) is 0.357. The molecule has 0 aliphatic carbocycles. The number of hydrogen-bond donors (Lipinski definition) is 1. The van der Waals surface area contributed by atoms with Crippen molar-refractivity contribution in [1.82, 2.24) is 19.9 Å². The van der Waals surface area contributed by atoms with Crippen LogP contribution in [0.5, 0.6) is 0 Å². The molecular formula is C12H16ClN5. The summed E-state index contributed by atoms with van der Waals surface area (Å²) in [5.41, 5.74) is 1.63. The van der Waals surface area contributed by atoms with Gasteiger partial charge in [0.25, 0.3) is 0 Å². The van der Waals surface area contributed by atoms with Crippen LogP contribution in [0.2, 0.25) is 0 Å². The predicted molar refractivity (Wildman–Crippen MR) is 72.0 cm³/mol. The zero-order valence-corrected chi connectivity index (χ0v) is 10.9. The molecule has 0 amide bonds. The molecule has 2 aromatic heterocycles. The third-order valence-corrected chi connectivity index (χ3v) is 3.89. The second-order valence-electron chi connectivity index (χ2n) is 4.65. The summed E-state index contributed by atoms with van der Waals surface area (Å²) in [6.45, 7) is 1.00. The van der Waals surface area contributed by atoms with Gasteiger partial charge in [-0.3, -0.25) is 0 Å². The van der Waals surface area contributed by atoms with Crippen LogP contribution in [0.1, 0.15) is 25.7 Å². The molecule has 1 saturated heterocycles. The lowest BCUT2D eigenvalue weighted by Gasteiger charge is -2.29. The Kier molecular flexibility index (Phi) is 3.32. The number of aromatic amines is 1. The molecule has 0 bridgehead atoms. The standard InChI is InChI=1S/C12H16ClN5/c13-6-9-4-2-1-3-5-18(9)12-10-11(15-7-14-10)16-8-17-12/h7-9H,1-6H2,(H,14,15,16,17). The van der Waals surface area contributed by atoms with Gasteiger partial charge in [0.1, 0.15) is 11.8 Å². The number of anilines is 1. The Labute approximate surface area is 111 Å². The molecule has 6 heteroatoms. The fourth-order valence-corrected chi connectivity index (χ4v) is 2.91. The summed E-state index contributed by atoms with van der Waals surface area (Å²) in [5, 5.41) is 0. The quantitative estimate of drug-likeness (QED) is 0.847. The van der Waals surface area contributed by atoms with Crippen LogP contribution in [0.15, 0.2) is 12.7 Å². The van der Waals surface area contributed by atoms with Crippen LogP contribution in [-0.4, -0.2) is 38.4 Å². The number of nitrogens with one attached hydrogen (secondary N) is 1. The molecule has 1 unspecified atom stereocenters. The van der Waals surface area contributed by atoms with E-state index >= 15 is 0 Å². The van der Waals surface area contributed by atoms with Crippen LogP contribution in [0.25, 0.3) is 11.2 Å². The first-order valence-electron chi connectivity index (χ1n) is 6.37. The Morgan fingerprint density at radius 1 is 1.28 bits per heavy atom. The summed E-state index contributed by atoms with van der Waals surface area (Å²) in [6.07, 6.45) is 8.06. The molecule has 3 rings (SSSR count). The molecule has 0 spiro atoms. The number of halogens is 1. The highest BCUT2D eigenvalue weighted by atomic mass is 35.5. The average Bonchev–Trinajstić information content (AvgIpc) is 2.76. The number of fused-ring (bicyclic) bond motifs is 1. The van der Waals surface area contributed by atoms with Crippen LogP contribution in [0.4, 0.5) is 5.82 Å². The van der Waals surface area contributed by atoms with E-state index < -0.39 is 0 Å². The Bertz CT molecular complexity index is 526. The number of H-pyrrole nitrogens is 1. The molecule has 1 aliphatic heterocycles. The minimum absolute atomic E-state index is 0.357. The van der Waals surface area contributed by atoms with E-state index in [1.165, 1.54) is 19.3 Å². The van der Waals surface area contributed by atoms with Crippen LogP contribution < -0.4 is 4.90 Å². The van der Waals surface area contributed by atoms with Crippen molar-refractivity contribution in [2.24, 2.45) is 0 Å². The number of alkyl halides is 1. The third-order valence-electron chi connectivity index (χ3n) is 3.53. The molecule has 1 atom stereocenters. The van der Waals surface area contributed by atoms with Gasteiger partial charge in [-0.25, -0.2) is 15.0 Å². The van der Waals surface area contributed by atoms with Crippen LogP contribution in [0.3, 0.4) is 0 Å². The van der Waals surface area contributed by atoms with Gasteiger partial charge in [0.05, 0.1) is 6.33 Å². The lowest BCUT2D eigenvalue weighted by molar-refractivity contribution is 0.617. The molecule has 3 heterocycles. The van der Waals surface area contributed by atoms with E-state index in [-0.39, 0.29) is 0 Å². The van der Waals surface area contributed by atoms with Crippen molar-refractivity contribution in [2.75, 3.05) is 17.3 Å². The van der Waals surface area contributed by atoms with Gasteiger partial charge in [-0.2, -0.15) is 0 Å². The monoisotopic (exact) mass is 265 g/mol. The lowest BCUT2D eigenvalue weighted by Crippen LogP contribution is -2.37. The summed E-state index contributed by atoms with van der Waals surface area (Å²) in [4.78, 5) is 18.2. The second-order valence-corrected chi connectivity index (χ2v) is 4.96. The van der Waals surface area contributed by atoms with Crippen LogP contribution >= 0.6 is 11.6 Å². The Hall–Kier alpha value is -1.36. The summed E-state index contributed by atoms with van der Waals surface area (Å²) >= 11 is 6.11. The number of imidazole rings is 1. The first kappa shape index (κ1) is 11.7. The van der Waals surface area contributed by atoms with Crippen molar-refractivity contribution in [1.29, 1.82) is 0 Å². The minimum Gasteiger partial charge on any atom is -0.351 e. The lowest BCUT2D eigenvalue weighted by atomic mass is 10.1. The molecule has 2 aromatic rings. The van der Waals surface area contributed by atoms with E-state index in [1.54, 1.807) is 12.7 Å². The van der Waals surface area contributed by atoms with Crippen LogP contribution in [-0.2, 0) is 0 Å². The maximum atomic E-state index is 6.11. The van der Waals surface area contributed by atoms with Gasteiger partial charge in [0, 0.05) is 18.5 Å². The Balaban J connectivity index is 2.02. The van der Waals surface area contributed by atoms with Crippen molar-refractivity contribution >= 4 is 28.6 Å². The topological polar surface area (TPSA) is 57.7 Å². The average molecular weight is 266 g/mol. The van der Waals surface area contributed by atoms with Gasteiger partial charge in [-0.15, -0.1) is 11.6 Å². The van der Waals surface area contributed by atoms with Gasteiger partial charge in [-0.05, 0) is 12.8 Å². The van der Waals surface area contributed by atoms with Gasteiger partial charge < -0.3 is 9.88 Å². The molecule has 0 aromatic carbocycles. The highest BCUT2D eigenvalue weighted by Crippen LogP contribution is 2.27. The van der Waals surface area contributed by atoms with Crippen molar-refractivity contribution in [3.63, 3.8) is 0 Å². The van der Waals surface area contributed by atoms with Crippen molar-refractivity contribution < 1.29 is 0 Å². The van der Waals surface area contributed by atoms with Crippen molar-refractivity contribution in [3.8, 4) is 0 Å². The minimum atomic E-state index is 0.357. The van der Waals surface area contributed by atoms with Gasteiger partial charge in [0.2, 0.25) is 0 Å². The molecule has 1 fully saturated rings. The number of nitrogens with zero attached hydrogens (tertiary/aromatic N) is 4. The molecule has 0 saturated carbocycles. The highest BCUT2D eigenvalue weighted by molar-refractivity contribution is 6.18. The molecule has 96 valence electrons. The number of rotatable bonds is 2. The third kappa shape index (κ3) is 2.03. The molecule has 5 nitrogen and oxygen atoms in total. The Morgan fingerprint density at radius 3 is 3.11 bits per heavy atom. The fourth-order valence-electron chi connectivity index (χ4n) is 2.59. The van der Waals surface area contributed by atoms with E-state index in [1.807, 2.05) is 0 Å². The molecule has 0 radical (unpaired) electrons. The van der Waals surface area contributed by atoms with E-state index in [0.717, 1.165) is 29.9 Å². The predicted octanol–water partition coefficient (Wildman–Crippen LogP) is 2.34. The van der Waals surface area contributed by atoms with E-state index in [9.17, 15) is 0 Å². The smallest absolute Gasteiger partial charge is 0.182 e. The van der Waals surface area contributed by atoms with Crippen LogP contribution in [0, 0.1) is 0 Å². The van der Waals surface area contributed by atoms with Crippen molar-refractivity contribution in [3.05, 3.63) is 12.7 Å². The number of hydrogen-bond acceptors (Lipinski definition) is 4. The summed E-state index contributed by atoms with van der Waals surface area (Å²) in [7, 11) is 0. The first-order valence-corrected chi connectivity index (χ1v) is 6.90. The Morgan fingerprint density at radius 2 is 2.22 bits per heavy atom. The SMILES string of the molecule is ClCC1CCCCCN1c1ncnc2nc[nH]c12. The van der Waals surface area contributed by atoms with Crippen molar-refractivity contribution in [2.45, 2.75) is 31.7 Å². The van der Waals surface area contributed by atoms with Gasteiger partial charge in [0.15, 0.2) is 11.5 Å². The van der Waals surface area contributed by atoms with E-state index in [0.29, 0.717) is 11.9 Å². The van der Waals surface area contributed by atoms with Gasteiger partial charge >= 0.3 is 0 Å². The van der Waals surface area contributed by atoms with E-state index in [4.69, 9.17) is 11.6 Å². The second kappa shape index (κ2) is 5.10. The van der Waals surface area contributed by atoms with E-state index in [2.05, 4.69) is 24.8 Å². The maximum Gasteiger partial charge on any atom is 0.182 e. The molecular weight excluding hydrogens is 250 g/mol. The first-order chi connectivity index (χ1) is 8.90. The normalized spacial score (nSPS) is 21.2.